The zero-order valence-electron chi connectivity index (χ0n) is 16.3. The van der Waals surface area contributed by atoms with Gasteiger partial charge in [-0.2, -0.15) is 12.7 Å². The molecule has 6 nitrogen and oxygen atoms in total. The molecule has 0 heterocycles. The van der Waals surface area contributed by atoms with Crippen LogP contribution >= 0.6 is 0 Å². The van der Waals surface area contributed by atoms with Gasteiger partial charge in [0.1, 0.15) is 5.78 Å². The SMILES string of the molecule is CCC(=O)N(c1ccc2c(c1)CC[C@@H]1[C@@H]2CC[C@]2(C)C(=O)CC[C@@H]12)S(=O)(=O)O. The van der Waals surface area contributed by atoms with Crippen LogP contribution in [0.25, 0.3) is 0 Å². The van der Waals surface area contributed by atoms with E-state index in [0.717, 1.165) is 37.7 Å². The van der Waals surface area contributed by atoms with Gasteiger partial charge in [-0.15, -0.1) is 0 Å². The average Bonchev–Trinajstić information content (AvgIpc) is 2.95. The second-order valence-corrected chi connectivity index (χ2v) is 9.97. The van der Waals surface area contributed by atoms with Crippen LogP contribution in [-0.4, -0.2) is 24.7 Å². The average molecular weight is 406 g/mol. The van der Waals surface area contributed by atoms with Crippen LogP contribution in [0.1, 0.15) is 69.4 Å². The van der Waals surface area contributed by atoms with E-state index in [-0.39, 0.29) is 17.5 Å². The summed E-state index contributed by atoms with van der Waals surface area (Å²) in [5, 5.41) is 0. The molecule has 4 atom stereocenters. The molecule has 2 saturated carbocycles. The quantitative estimate of drug-likeness (QED) is 0.775. The molecule has 3 aliphatic carbocycles. The Balaban J connectivity index is 1.68. The van der Waals surface area contributed by atoms with Crippen LogP contribution in [0.2, 0.25) is 0 Å². The van der Waals surface area contributed by atoms with Crippen molar-refractivity contribution in [1.82, 2.24) is 0 Å². The molecule has 7 heteroatoms. The number of Topliss-reactive ketones (excluding diaryl/α,β-unsaturated/α-hetero) is 1. The van der Waals surface area contributed by atoms with E-state index < -0.39 is 16.2 Å². The molecule has 1 aromatic rings. The summed E-state index contributed by atoms with van der Waals surface area (Å²) in [7, 11) is -4.66. The molecular weight excluding hydrogens is 378 g/mol. The van der Waals surface area contributed by atoms with Gasteiger partial charge < -0.3 is 0 Å². The molecular formula is C21H27NO5S. The monoisotopic (exact) mass is 405 g/mol. The third-order valence-electron chi connectivity index (χ3n) is 7.41. The molecule has 0 bridgehead atoms. The van der Waals surface area contributed by atoms with Gasteiger partial charge in [-0.3, -0.25) is 14.1 Å². The zero-order valence-corrected chi connectivity index (χ0v) is 17.2. The summed E-state index contributed by atoms with van der Waals surface area (Å²) < 4.78 is 33.5. The maximum atomic E-state index is 12.4. The number of carbonyl (C=O) groups is 2. The highest BCUT2D eigenvalue weighted by molar-refractivity contribution is 7.88. The maximum absolute atomic E-state index is 12.4. The van der Waals surface area contributed by atoms with Crippen molar-refractivity contribution in [2.75, 3.05) is 4.31 Å². The minimum atomic E-state index is -4.66. The molecule has 3 aliphatic rings. The third-order valence-corrected chi connectivity index (χ3v) is 8.29. The Labute approximate surface area is 166 Å². The molecule has 4 rings (SSSR count). The van der Waals surface area contributed by atoms with Crippen molar-refractivity contribution in [1.29, 1.82) is 0 Å². The van der Waals surface area contributed by atoms with E-state index in [1.165, 1.54) is 5.56 Å². The molecule has 0 aliphatic heterocycles. The summed E-state index contributed by atoms with van der Waals surface area (Å²) in [6.45, 7) is 3.70. The second-order valence-electron chi connectivity index (χ2n) is 8.71. The Morgan fingerprint density at radius 3 is 2.68 bits per heavy atom. The molecule has 28 heavy (non-hydrogen) atoms. The number of carbonyl (C=O) groups excluding carboxylic acids is 2. The first kappa shape index (κ1) is 19.6. The Hall–Kier alpha value is -1.73. The Kier molecular flexibility index (Phi) is 4.66. The standard InChI is InChI=1S/C21H27NO5S/c1-3-20(24)22(28(25,26)27)14-5-7-15-13(12-14)4-6-17-16(15)10-11-21(2)18(17)8-9-19(21)23/h5,7,12,16-18H,3-4,6,8-11H2,1-2H3,(H,25,26,27)/t16-,17-,18+,21+/m1/s1. The van der Waals surface area contributed by atoms with Crippen LogP contribution in [0.4, 0.5) is 5.69 Å². The number of anilines is 1. The number of aryl methyl sites for hydroxylation is 1. The number of hydrogen-bond acceptors (Lipinski definition) is 4. The van der Waals surface area contributed by atoms with Crippen molar-refractivity contribution in [3.63, 3.8) is 0 Å². The lowest BCUT2D eigenvalue weighted by atomic mass is 9.55. The van der Waals surface area contributed by atoms with Gasteiger partial charge in [0.05, 0.1) is 5.69 Å². The van der Waals surface area contributed by atoms with Gasteiger partial charge in [-0.25, -0.2) is 0 Å². The minimum Gasteiger partial charge on any atom is -0.299 e. The van der Waals surface area contributed by atoms with Crippen LogP contribution in [0.15, 0.2) is 18.2 Å². The van der Waals surface area contributed by atoms with Crippen LogP contribution in [-0.2, 0) is 26.3 Å². The summed E-state index contributed by atoms with van der Waals surface area (Å²) >= 11 is 0. The molecule has 0 saturated heterocycles. The van der Waals surface area contributed by atoms with Crippen molar-refractivity contribution in [2.45, 2.75) is 64.7 Å². The van der Waals surface area contributed by atoms with Gasteiger partial charge in [0.25, 0.3) is 0 Å². The second kappa shape index (κ2) is 6.66. The van der Waals surface area contributed by atoms with Crippen molar-refractivity contribution in [3.05, 3.63) is 29.3 Å². The lowest BCUT2D eigenvalue weighted by Crippen LogP contribution is -2.42. The number of hydrogen-bond donors (Lipinski definition) is 1. The van der Waals surface area contributed by atoms with Crippen molar-refractivity contribution in [2.24, 2.45) is 17.3 Å². The molecule has 152 valence electrons. The van der Waals surface area contributed by atoms with E-state index >= 15 is 0 Å². The normalized spacial score (nSPS) is 31.7. The van der Waals surface area contributed by atoms with Crippen LogP contribution in [0, 0.1) is 17.3 Å². The van der Waals surface area contributed by atoms with Crippen molar-refractivity contribution in [3.8, 4) is 0 Å². The topological polar surface area (TPSA) is 91.8 Å². The number of fused-ring (bicyclic) bond motifs is 5. The molecule has 1 N–H and O–H groups in total. The highest BCUT2D eigenvalue weighted by Gasteiger charge is 2.54. The third kappa shape index (κ3) is 2.90. The maximum Gasteiger partial charge on any atom is 0.366 e. The lowest BCUT2D eigenvalue weighted by Gasteiger charge is -2.48. The Bertz CT molecular complexity index is 940. The van der Waals surface area contributed by atoms with Gasteiger partial charge in [-0.05, 0) is 73.1 Å². The summed E-state index contributed by atoms with van der Waals surface area (Å²) in [5.74, 6) is 1.05. The fourth-order valence-electron chi connectivity index (χ4n) is 6.02. The summed E-state index contributed by atoms with van der Waals surface area (Å²) in [4.78, 5) is 24.5. The predicted octanol–water partition coefficient (Wildman–Crippen LogP) is 3.66. The fourth-order valence-corrected chi connectivity index (χ4v) is 6.78. The van der Waals surface area contributed by atoms with Gasteiger partial charge in [0.15, 0.2) is 0 Å². The van der Waals surface area contributed by atoms with Crippen LogP contribution in [0.3, 0.4) is 0 Å². The van der Waals surface area contributed by atoms with Gasteiger partial charge >= 0.3 is 10.3 Å². The van der Waals surface area contributed by atoms with Gasteiger partial charge in [-0.1, -0.05) is 19.9 Å². The number of nitrogens with zero attached hydrogens (tertiary/aromatic N) is 1. The summed E-state index contributed by atoms with van der Waals surface area (Å²) in [6.07, 6.45) is 5.29. The largest absolute Gasteiger partial charge is 0.366 e. The summed E-state index contributed by atoms with van der Waals surface area (Å²) in [5.41, 5.74) is 2.28. The smallest absolute Gasteiger partial charge is 0.299 e. The van der Waals surface area contributed by atoms with Crippen molar-refractivity contribution < 1.29 is 22.6 Å². The number of ketones is 1. The molecule has 2 fully saturated rings. The van der Waals surface area contributed by atoms with E-state index in [2.05, 4.69) is 6.92 Å². The Morgan fingerprint density at radius 2 is 2.00 bits per heavy atom. The molecule has 0 unspecified atom stereocenters. The van der Waals surface area contributed by atoms with Gasteiger partial charge in [0.2, 0.25) is 5.91 Å². The van der Waals surface area contributed by atoms with Crippen LogP contribution < -0.4 is 4.31 Å². The number of amides is 1. The van der Waals surface area contributed by atoms with E-state index in [1.54, 1.807) is 19.1 Å². The molecule has 0 spiro atoms. The van der Waals surface area contributed by atoms with E-state index in [0.29, 0.717) is 34.3 Å². The van der Waals surface area contributed by atoms with Crippen molar-refractivity contribution >= 4 is 27.7 Å². The van der Waals surface area contributed by atoms with E-state index in [9.17, 15) is 22.6 Å². The first-order chi connectivity index (χ1) is 13.2. The minimum absolute atomic E-state index is 0.0180. The van der Waals surface area contributed by atoms with Crippen LogP contribution in [0.5, 0.6) is 0 Å². The first-order valence-electron chi connectivity index (χ1n) is 10.1. The number of benzene rings is 1. The zero-order chi connectivity index (χ0) is 20.3. The number of rotatable bonds is 3. The van der Waals surface area contributed by atoms with E-state index in [1.807, 2.05) is 6.07 Å². The van der Waals surface area contributed by atoms with Gasteiger partial charge in [0, 0.05) is 18.3 Å². The predicted molar refractivity (Wildman–Crippen MR) is 105 cm³/mol. The molecule has 0 radical (unpaired) electrons. The highest BCUT2D eigenvalue weighted by atomic mass is 32.2. The lowest BCUT2D eigenvalue weighted by molar-refractivity contribution is -0.129. The fraction of sp³-hybridized carbons (Fsp3) is 0.619. The molecule has 1 amide bonds. The Morgan fingerprint density at radius 1 is 1.25 bits per heavy atom. The highest BCUT2D eigenvalue weighted by Crippen LogP contribution is 2.59. The molecule has 0 aromatic heterocycles. The molecule has 1 aromatic carbocycles. The first-order valence-corrected chi connectivity index (χ1v) is 11.5. The van der Waals surface area contributed by atoms with E-state index in [4.69, 9.17) is 0 Å². The summed E-state index contributed by atoms with van der Waals surface area (Å²) in [6, 6.07) is 5.28.